The van der Waals surface area contributed by atoms with Gasteiger partial charge in [0.1, 0.15) is 0 Å². The molecule has 22 heavy (non-hydrogen) atoms. The molecular formula is C14H16Cl2N2O2S2. The summed E-state index contributed by atoms with van der Waals surface area (Å²) in [5.74, 6) is 0. The van der Waals surface area contributed by atoms with E-state index < -0.39 is 10.0 Å². The van der Waals surface area contributed by atoms with Gasteiger partial charge in [-0.3, -0.25) is 0 Å². The molecule has 8 heteroatoms. The molecule has 4 nitrogen and oxygen atoms in total. The van der Waals surface area contributed by atoms with E-state index in [1.807, 2.05) is 36.5 Å². The Morgan fingerprint density at radius 1 is 1.23 bits per heavy atom. The van der Waals surface area contributed by atoms with Crippen molar-refractivity contribution in [2.45, 2.75) is 10.9 Å². The van der Waals surface area contributed by atoms with E-state index in [0.29, 0.717) is 0 Å². The number of thiophene rings is 1. The molecule has 1 N–H and O–H groups in total. The molecule has 0 saturated carbocycles. The largest absolute Gasteiger partial charge is 0.300 e. The van der Waals surface area contributed by atoms with Crippen molar-refractivity contribution in [2.24, 2.45) is 0 Å². The third-order valence-electron chi connectivity index (χ3n) is 3.11. The Bertz CT molecular complexity index is 711. The maximum absolute atomic E-state index is 12.4. The zero-order valence-electron chi connectivity index (χ0n) is 12.1. The van der Waals surface area contributed by atoms with Crippen molar-refractivity contribution < 1.29 is 8.42 Å². The van der Waals surface area contributed by atoms with E-state index in [9.17, 15) is 8.42 Å². The molecule has 0 aliphatic heterocycles. The molecule has 0 bridgehead atoms. The fourth-order valence-electron chi connectivity index (χ4n) is 1.97. The summed E-state index contributed by atoms with van der Waals surface area (Å²) in [4.78, 5) is 3.13. The van der Waals surface area contributed by atoms with Crippen LogP contribution in [-0.2, 0) is 10.0 Å². The molecule has 0 aliphatic rings. The zero-order valence-corrected chi connectivity index (χ0v) is 15.2. The van der Waals surface area contributed by atoms with E-state index in [2.05, 4.69) is 4.72 Å². The summed E-state index contributed by atoms with van der Waals surface area (Å²) in [5, 5.41) is 2.54. The Balaban J connectivity index is 2.18. The maximum Gasteiger partial charge on any atom is 0.240 e. The fourth-order valence-corrected chi connectivity index (χ4v) is 4.66. The van der Waals surface area contributed by atoms with Gasteiger partial charge in [0.2, 0.25) is 10.0 Å². The molecule has 2 aromatic rings. The summed E-state index contributed by atoms with van der Waals surface area (Å²) in [6.07, 6.45) is 0. The van der Waals surface area contributed by atoms with Crippen molar-refractivity contribution >= 4 is 44.6 Å². The molecule has 1 aromatic heterocycles. The molecule has 0 aliphatic carbocycles. The third kappa shape index (κ3) is 4.44. The molecule has 120 valence electrons. The summed E-state index contributed by atoms with van der Waals surface area (Å²) in [5.41, 5.74) is 0. The lowest BCUT2D eigenvalue weighted by Gasteiger charge is -2.23. The Hall–Kier alpha value is -0.630. The lowest BCUT2D eigenvalue weighted by atomic mass is 10.2. The first kappa shape index (κ1) is 17.7. The highest BCUT2D eigenvalue weighted by Crippen LogP contribution is 2.25. The van der Waals surface area contributed by atoms with Crippen molar-refractivity contribution in [3.8, 4) is 0 Å². The van der Waals surface area contributed by atoms with Crippen LogP contribution in [0.5, 0.6) is 0 Å². The van der Waals surface area contributed by atoms with Crippen LogP contribution in [0, 0.1) is 0 Å². The topological polar surface area (TPSA) is 49.4 Å². The fraction of sp³-hybridized carbons (Fsp3) is 0.286. The molecular weight excluding hydrogens is 363 g/mol. The number of hydrogen-bond donors (Lipinski definition) is 1. The van der Waals surface area contributed by atoms with Gasteiger partial charge >= 0.3 is 0 Å². The number of benzene rings is 1. The zero-order chi connectivity index (χ0) is 16.3. The summed E-state index contributed by atoms with van der Waals surface area (Å²) < 4.78 is 27.4. The Labute approximate surface area is 144 Å². The normalized spacial score (nSPS) is 13.5. The summed E-state index contributed by atoms with van der Waals surface area (Å²) in [6.45, 7) is 0.264. The van der Waals surface area contributed by atoms with Gasteiger partial charge in [0, 0.05) is 21.5 Å². The average Bonchev–Trinajstić information content (AvgIpc) is 2.91. The molecule has 0 saturated heterocycles. The van der Waals surface area contributed by atoms with Crippen LogP contribution in [0.15, 0.2) is 40.6 Å². The van der Waals surface area contributed by atoms with Crippen molar-refractivity contribution in [1.29, 1.82) is 0 Å². The van der Waals surface area contributed by atoms with Gasteiger partial charge in [0.05, 0.1) is 10.9 Å². The molecule has 1 aromatic carbocycles. The van der Waals surface area contributed by atoms with Crippen molar-refractivity contribution in [3.05, 3.63) is 50.6 Å². The minimum atomic E-state index is -3.67. The molecule has 2 rings (SSSR count). The Morgan fingerprint density at radius 2 is 1.86 bits per heavy atom. The number of sulfonamides is 1. The van der Waals surface area contributed by atoms with Crippen LogP contribution in [0.1, 0.15) is 10.9 Å². The molecule has 0 fully saturated rings. The summed E-state index contributed by atoms with van der Waals surface area (Å²) >= 11 is 13.3. The Morgan fingerprint density at radius 3 is 2.36 bits per heavy atom. The summed E-state index contributed by atoms with van der Waals surface area (Å²) in [6, 6.07) is 8.15. The van der Waals surface area contributed by atoms with E-state index in [4.69, 9.17) is 23.2 Å². The minimum absolute atomic E-state index is 0.0376. The van der Waals surface area contributed by atoms with Gasteiger partial charge in [-0.25, -0.2) is 13.1 Å². The van der Waals surface area contributed by atoms with E-state index in [0.717, 1.165) is 4.88 Å². The highest BCUT2D eigenvalue weighted by Gasteiger charge is 2.21. The number of hydrogen-bond acceptors (Lipinski definition) is 4. The number of nitrogens with zero attached hydrogens (tertiary/aromatic N) is 1. The monoisotopic (exact) mass is 378 g/mol. The lowest BCUT2D eigenvalue weighted by molar-refractivity contribution is 0.303. The van der Waals surface area contributed by atoms with Gasteiger partial charge in [0.25, 0.3) is 0 Å². The second kappa shape index (κ2) is 7.29. The predicted octanol–water partition coefficient (Wildman–Crippen LogP) is 3.64. The Kier molecular flexibility index (Phi) is 5.87. The first-order chi connectivity index (χ1) is 10.3. The highest BCUT2D eigenvalue weighted by atomic mass is 35.5. The van der Waals surface area contributed by atoms with Crippen LogP contribution in [0.4, 0.5) is 0 Å². The number of nitrogens with one attached hydrogen (secondary N) is 1. The highest BCUT2D eigenvalue weighted by molar-refractivity contribution is 7.89. The quantitative estimate of drug-likeness (QED) is 0.834. The van der Waals surface area contributed by atoms with Gasteiger partial charge in [-0.05, 0) is 43.7 Å². The average molecular weight is 379 g/mol. The van der Waals surface area contributed by atoms with E-state index >= 15 is 0 Å². The molecule has 0 amide bonds. The molecule has 0 spiro atoms. The second-order valence-corrected chi connectivity index (χ2v) is 8.57. The molecule has 0 radical (unpaired) electrons. The van der Waals surface area contributed by atoms with Gasteiger partial charge in [-0.15, -0.1) is 11.3 Å². The third-order valence-corrected chi connectivity index (χ3v) is 5.92. The lowest BCUT2D eigenvalue weighted by Crippen LogP contribution is -2.34. The van der Waals surface area contributed by atoms with Crippen LogP contribution < -0.4 is 4.72 Å². The number of rotatable bonds is 6. The van der Waals surface area contributed by atoms with Crippen LogP contribution in [-0.4, -0.2) is 34.0 Å². The van der Waals surface area contributed by atoms with Crippen molar-refractivity contribution in [1.82, 2.24) is 9.62 Å². The minimum Gasteiger partial charge on any atom is -0.300 e. The van der Waals surface area contributed by atoms with Crippen LogP contribution in [0.25, 0.3) is 0 Å². The van der Waals surface area contributed by atoms with Crippen LogP contribution in [0.2, 0.25) is 10.0 Å². The first-order valence-electron chi connectivity index (χ1n) is 6.45. The van der Waals surface area contributed by atoms with Crippen molar-refractivity contribution in [3.63, 3.8) is 0 Å². The van der Waals surface area contributed by atoms with E-state index in [1.54, 1.807) is 11.3 Å². The van der Waals surface area contributed by atoms with Gasteiger partial charge < -0.3 is 4.90 Å². The first-order valence-corrected chi connectivity index (χ1v) is 9.57. The predicted molar refractivity (Wildman–Crippen MR) is 92.4 cm³/mol. The molecule has 1 atom stereocenters. The number of likely N-dealkylation sites (N-methyl/N-ethyl adjacent to an activating group) is 1. The van der Waals surface area contributed by atoms with Gasteiger partial charge in [-0.2, -0.15) is 0 Å². The molecule has 1 unspecified atom stereocenters. The van der Waals surface area contributed by atoms with E-state index in [-0.39, 0.29) is 27.5 Å². The van der Waals surface area contributed by atoms with E-state index in [1.165, 1.54) is 18.2 Å². The summed E-state index contributed by atoms with van der Waals surface area (Å²) in [7, 11) is 0.157. The van der Waals surface area contributed by atoms with Gasteiger partial charge in [-0.1, -0.05) is 29.3 Å². The standard InChI is InChI=1S/C14H16Cl2N2O2S2/c1-18(2)13(14-4-3-5-21-14)9-17-22(19,20)12-7-10(15)6-11(16)8-12/h3-8,13,17H,9H2,1-2H3. The number of halogens is 2. The SMILES string of the molecule is CN(C)C(CNS(=O)(=O)c1cc(Cl)cc(Cl)c1)c1cccs1. The van der Waals surface area contributed by atoms with Crippen molar-refractivity contribution in [2.75, 3.05) is 20.6 Å². The maximum atomic E-state index is 12.4. The smallest absolute Gasteiger partial charge is 0.240 e. The second-order valence-electron chi connectivity index (χ2n) is 4.95. The molecule has 1 heterocycles. The van der Waals surface area contributed by atoms with Crippen LogP contribution in [0.3, 0.4) is 0 Å². The van der Waals surface area contributed by atoms with Gasteiger partial charge in [0.15, 0.2) is 0 Å². The van der Waals surface area contributed by atoms with Crippen LogP contribution >= 0.6 is 34.5 Å².